The van der Waals surface area contributed by atoms with E-state index in [1.54, 1.807) is 24.3 Å². The third-order valence-corrected chi connectivity index (χ3v) is 7.35. The molecule has 0 saturated heterocycles. The van der Waals surface area contributed by atoms with Crippen molar-refractivity contribution in [1.82, 2.24) is 0 Å². The molecule has 3 aromatic carbocycles. The first kappa shape index (κ1) is 24.9. The van der Waals surface area contributed by atoms with Crippen LogP contribution in [-0.2, 0) is 22.9 Å². The van der Waals surface area contributed by atoms with Gasteiger partial charge in [0.2, 0.25) is 0 Å². The second-order valence-electron chi connectivity index (χ2n) is 7.79. The van der Waals surface area contributed by atoms with Crippen LogP contribution in [0.25, 0.3) is 0 Å². The van der Waals surface area contributed by atoms with Crippen molar-refractivity contribution in [1.29, 1.82) is 0 Å². The molecule has 0 saturated carbocycles. The summed E-state index contributed by atoms with van der Waals surface area (Å²) in [5, 5.41) is 20.6. The highest BCUT2D eigenvalue weighted by Crippen LogP contribution is 2.32. The Morgan fingerprint density at radius 1 is 0.971 bits per heavy atom. The van der Waals surface area contributed by atoms with Crippen molar-refractivity contribution in [2.45, 2.75) is 37.5 Å². The van der Waals surface area contributed by atoms with Crippen molar-refractivity contribution in [3.63, 3.8) is 0 Å². The molecule has 0 aromatic heterocycles. The van der Waals surface area contributed by atoms with Gasteiger partial charge in [-0.15, -0.1) is 0 Å². The fourth-order valence-corrected chi connectivity index (χ4v) is 5.38. The fourth-order valence-electron chi connectivity index (χ4n) is 3.68. The number of nitro benzene ring substituents is 1. The Balaban J connectivity index is 1.98. The Bertz CT molecular complexity index is 1270. The van der Waals surface area contributed by atoms with E-state index in [1.807, 2.05) is 19.1 Å². The number of nitro groups is 1. The second-order valence-corrected chi connectivity index (χ2v) is 9.62. The quantitative estimate of drug-likeness (QED) is 0.301. The van der Waals surface area contributed by atoms with E-state index in [4.69, 9.17) is 5.11 Å². The van der Waals surface area contributed by atoms with Crippen LogP contribution in [-0.4, -0.2) is 31.0 Å². The molecule has 0 aliphatic carbocycles. The van der Waals surface area contributed by atoms with Gasteiger partial charge in [-0.2, -0.15) is 0 Å². The van der Waals surface area contributed by atoms with Crippen LogP contribution in [0.15, 0.2) is 77.7 Å². The van der Waals surface area contributed by atoms with Crippen molar-refractivity contribution in [3.05, 3.63) is 99.6 Å². The predicted octanol–water partition coefficient (Wildman–Crippen LogP) is 5.07. The largest absolute Gasteiger partial charge is 0.478 e. The Morgan fingerprint density at radius 2 is 1.62 bits per heavy atom. The van der Waals surface area contributed by atoms with E-state index < -0.39 is 26.6 Å². The van der Waals surface area contributed by atoms with Gasteiger partial charge in [-0.25, -0.2) is 13.2 Å². The average molecular weight is 483 g/mol. The number of sulfonamides is 1. The van der Waals surface area contributed by atoms with Gasteiger partial charge in [0.1, 0.15) is 0 Å². The number of aryl methyl sites for hydroxylation is 2. The summed E-state index contributed by atoms with van der Waals surface area (Å²) in [6, 6.07) is 19.1. The van der Waals surface area contributed by atoms with Crippen LogP contribution in [0.3, 0.4) is 0 Å². The maximum atomic E-state index is 13.7. The number of aromatic carboxylic acids is 1. The monoisotopic (exact) mass is 482 g/mol. The van der Waals surface area contributed by atoms with Crippen LogP contribution in [0.4, 0.5) is 11.4 Å². The molecule has 0 aliphatic rings. The number of para-hydroxylation sites is 2. The van der Waals surface area contributed by atoms with Gasteiger partial charge in [-0.05, 0) is 54.7 Å². The van der Waals surface area contributed by atoms with Gasteiger partial charge in [-0.1, -0.05) is 55.8 Å². The first-order valence-electron chi connectivity index (χ1n) is 10.9. The molecule has 0 amide bonds. The standard InChI is InChI=1S/C25H26N2O6S/c1-2-3-18-26(34(32,33)24-11-7-6-10-23(24)27(30)31)22-9-5-4-8-20(22)15-12-19-13-16-21(17-14-19)25(28)29/h4-11,13-14,16-17H,2-3,12,15,18H2,1H3,(H,28,29). The van der Waals surface area contributed by atoms with E-state index in [-0.39, 0.29) is 17.0 Å². The zero-order chi connectivity index (χ0) is 24.7. The molecule has 0 atom stereocenters. The third kappa shape index (κ3) is 5.60. The minimum absolute atomic E-state index is 0.190. The summed E-state index contributed by atoms with van der Waals surface area (Å²) in [7, 11) is -4.20. The summed E-state index contributed by atoms with van der Waals surface area (Å²) < 4.78 is 28.6. The van der Waals surface area contributed by atoms with Crippen LogP contribution >= 0.6 is 0 Å². The summed E-state index contributed by atoms with van der Waals surface area (Å²) in [6.07, 6.45) is 2.42. The molecule has 0 bridgehead atoms. The molecule has 0 aliphatic heterocycles. The molecule has 1 N–H and O–H groups in total. The number of benzene rings is 3. The molecule has 178 valence electrons. The van der Waals surface area contributed by atoms with E-state index in [9.17, 15) is 23.3 Å². The van der Waals surface area contributed by atoms with Crippen molar-refractivity contribution in [2.75, 3.05) is 10.8 Å². The summed E-state index contributed by atoms with van der Waals surface area (Å²) in [5.74, 6) is -0.997. The molecule has 0 spiro atoms. The molecule has 0 fully saturated rings. The van der Waals surface area contributed by atoms with Gasteiger partial charge in [-0.3, -0.25) is 14.4 Å². The van der Waals surface area contributed by atoms with Crippen molar-refractivity contribution in [3.8, 4) is 0 Å². The number of carboxylic acid groups (broad SMARTS) is 1. The van der Waals surface area contributed by atoms with E-state index >= 15 is 0 Å². The molecule has 3 rings (SSSR count). The summed E-state index contributed by atoms with van der Waals surface area (Å²) in [6.45, 7) is 2.14. The third-order valence-electron chi connectivity index (χ3n) is 5.49. The molecule has 0 unspecified atom stereocenters. The lowest BCUT2D eigenvalue weighted by Crippen LogP contribution is -2.33. The predicted molar refractivity (Wildman–Crippen MR) is 130 cm³/mol. The lowest BCUT2D eigenvalue weighted by molar-refractivity contribution is -0.387. The maximum absolute atomic E-state index is 13.7. The number of carboxylic acids is 1. The first-order valence-corrected chi connectivity index (χ1v) is 12.4. The van der Waals surface area contributed by atoms with Crippen molar-refractivity contribution in [2.24, 2.45) is 0 Å². The minimum Gasteiger partial charge on any atom is -0.478 e. The fraction of sp³-hybridized carbons (Fsp3) is 0.240. The van der Waals surface area contributed by atoms with Crippen LogP contribution < -0.4 is 4.31 Å². The highest BCUT2D eigenvalue weighted by Gasteiger charge is 2.32. The lowest BCUT2D eigenvalue weighted by Gasteiger charge is -2.26. The van der Waals surface area contributed by atoms with Gasteiger partial charge in [0.05, 0.1) is 16.2 Å². The summed E-state index contributed by atoms with van der Waals surface area (Å²) >= 11 is 0. The number of nitrogens with zero attached hydrogens (tertiary/aromatic N) is 2. The summed E-state index contributed by atoms with van der Waals surface area (Å²) in [4.78, 5) is 21.6. The molecular weight excluding hydrogens is 456 g/mol. The maximum Gasteiger partial charge on any atom is 0.335 e. The van der Waals surface area contributed by atoms with Gasteiger partial charge in [0.15, 0.2) is 4.90 Å². The molecular formula is C25H26N2O6S. The van der Waals surface area contributed by atoms with Gasteiger partial charge in [0, 0.05) is 12.6 Å². The van der Waals surface area contributed by atoms with Gasteiger partial charge in [0.25, 0.3) is 15.7 Å². The van der Waals surface area contributed by atoms with Crippen molar-refractivity contribution >= 4 is 27.4 Å². The molecule has 9 heteroatoms. The number of rotatable bonds is 11. The zero-order valence-corrected chi connectivity index (χ0v) is 19.6. The number of anilines is 1. The molecule has 3 aromatic rings. The van der Waals surface area contributed by atoms with E-state index in [0.717, 1.165) is 17.5 Å². The number of hydrogen-bond acceptors (Lipinski definition) is 5. The molecule has 0 radical (unpaired) electrons. The van der Waals surface area contributed by atoms with Crippen LogP contribution in [0.1, 0.15) is 41.3 Å². The van der Waals surface area contributed by atoms with E-state index in [0.29, 0.717) is 24.9 Å². The summed E-state index contributed by atoms with van der Waals surface area (Å²) in [5.41, 5.74) is 1.92. The molecule has 34 heavy (non-hydrogen) atoms. The second kappa shape index (κ2) is 10.9. The number of hydrogen-bond donors (Lipinski definition) is 1. The lowest BCUT2D eigenvalue weighted by atomic mass is 10.0. The van der Waals surface area contributed by atoms with Gasteiger partial charge < -0.3 is 5.11 Å². The molecule has 8 nitrogen and oxygen atoms in total. The minimum atomic E-state index is -4.20. The van der Waals surface area contributed by atoms with Crippen LogP contribution in [0, 0.1) is 10.1 Å². The highest BCUT2D eigenvalue weighted by atomic mass is 32.2. The topological polar surface area (TPSA) is 118 Å². The van der Waals surface area contributed by atoms with Crippen molar-refractivity contribution < 1.29 is 23.2 Å². The Hall–Kier alpha value is -3.72. The molecule has 0 heterocycles. The SMILES string of the molecule is CCCCN(c1ccccc1CCc1ccc(C(=O)O)cc1)S(=O)(=O)c1ccccc1[N+](=O)[O-]. The number of unbranched alkanes of at least 4 members (excludes halogenated alkanes) is 1. The van der Waals surface area contributed by atoms with Crippen LogP contribution in [0.5, 0.6) is 0 Å². The van der Waals surface area contributed by atoms with E-state index in [1.165, 1.54) is 40.7 Å². The smallest absolute Gasteiger partial charge is 0.335 e. The zero-order valence-electron chi connectivity index (χ0n) is 18.8. The number of carbonyl (C=O) groups is 1. The average Bonchev–Trinajstić information content (AvgIpc) is 2.83. The normalized spacial score (nSPS) is 11.2. The Labute approximate surface area is 198 Å². The first-order chi connectivity index (χ1) is 16.3. The van der Waals surface area contributed by atoms with Crippen LogP contribution in [0.2, 0.25) is 0 Å². The van der Waals surface area contributed by atoms with Gasteiger partial charge >= 0.3 is 5.97 Å². The Morgan fingerprint density at radius 3 is 2.26 bits per heavy atom. The highest BCUT2D eigenvalue weighted by molar-refractivity contribution is 7.93. The Kier molecular flexibility index (Phi) is 8.01. The van der Waals surface area contributed by atoms with E-state index in [2.05, 4.69) is 0 Å².